The van der Waals surface area contributed by atoms with Crippen LogP contribution < -0.4 is 5.32 Å². The maximum Gasteiger partial charge on any atom is 0.290 e. The van der Waals surface area contributed by atoms with E-state index in [0.717, 1.165) is 16.5 Å². The van der Waals surface area contributed by atoms with E-state index in [-0.39, 0.29) is 5.69 Å². The summed E-state index contributed by atoms with van der Waals surface area (Å²) in [4.78, 5) is 18.8. The van der Waals surface area contributed by atoms with Gasteiger partial charge in [0.1, 0.15) is 12.0 Å². The number of rotatable bonds is 4. The van der Waals surface area contributed by atoms with Crippen molar-refractivity contribution in [2.45, 2.75) is 13.5 Å². The third-order valence-corrected chi connectivity index (χ3v) is 3.46. The van der Waals surface area contributed by atoms with Crippen LogP contribution in [0, 0.1) is 17.0 Å². The molecule has 0 bridgehead atoms. The summed E-state index contributed by atoms with van der Waals surface area (Å²) in [6.07, 6.45) is 3.04. The van der Waals surface area contributed by atoms with Crippen LogP contribution in [-0.2, 0) is 6.54 Å². The van der Waals surface area contributed by atoms with E-state index in [1.807, 2.05) is 30.3 Å². The molecule has 0 atom stereocenters. The second kappa shape index (κ2) is 5.77. The highest BCUT2D eigenvalue weighted by Crippen LogP contribution is 2.20. The molecule has 0 unspecified atom stereocenters. The molecule has 1 N–H and O–H groups in total. The molecule has 0 amide bonds. The lowest BCUT2D eigenvalue weighted by Gasteiger charge is -2.08. The Morgan fingerprint density at radius 1 is 1.23 bits per heavy atom. The molecule has 2 aromatic heterocycles. The fourth-order valence-corrected chi connectivity index (χ4v) is 2.33. The Hall–Kier alpha value is -3.02. The zero-order valence-electron chi connectivity index (χ0n) is 12.0. The topological polar surface area (TPSA) is 81.0 Å². The first kappa shape index (κ1) is 13.9. The first-order chi connectivity index (χ1) is 10.6. The lowest BCUT2D eigenvalue weighted by Crippen LogP contribution is -2.03. The Kier molecular flexibility index (Phi) is 3.65. The molecule has 0 saturated carbocycles. The van der Waals surface area contributed by atoms with Crippen molar-refractivity contribution in [1.29, 1.82) is 0 Å². The van der Waals surface area contributed by atoms with Crippen molar-refractivity contribution in [3.05, 3.63) is 70.0 Å². The fraction of sp³-hybridized carbons (Fsp3) is 0.125. The molecule has 0 aliphatic heterocycles. The second-order valence-electron chi connectivity index (χ2n) is 4.96. The van der Waals surface area contributed by atoms with Crippen LogP contribution in [0.5, 0.6) is 0 Å². The molecule has 22 heavy (non-hydrogen) atoms. The summed E-state index contributed by atoms with van der Waals surface area (Å²) in [5.74, 6) is 0.607. The van der Waals surface area contributed by atoms with Crippen molar-refractivity contribution >= 4 is 22.4 Å². The van der Waals surface area contributed by atoms with Crippen molar-refractivity contribution in [1.82, 2.24) is 9.97 Å². The van der Waals surface area contributed by atoms with Crippen molar-refractivity contribution < 1.29 is 4.92 Å². The number of aromatic nitrogens is 2. The van der Waals surface area contributed by atoms with Gasteiger partial charge in [0.25, 0.3) is 5.69 Å². The van der Waals surface area contributed by atoms with Crippen LogP contribution in [0.25, 0.3) is 10.9 Å². The van der Waals surface area contributed by atoms with Gasteiger partial charge in [-0.05, 0) is 24.6 Å². The molecule has 3 aromatic rings. The SMILES string of the molecule is Cc1cc(NCc2cccc3cccnc23)ncc1[N+](=O)[O-]. The molecule has 0 saturated heterocycles. The third kappa shape index (κ3) is 2.71. The lowest BCUT2D eigenvalue weighted by molar-refractivity contribution is -0.385. The molecule has 6 heteroatoms. The van der Waals surface area contributed by atoms with Gasteiger partial charge in [0.15, 0.2) is 0 Å². The summed E-state index contributed by atoms with van der Waals surface area (Å²) in [5, 5.41) is 15.1. The Bertz CT molecular complexity index is 843. The maximum absolute atomic E-state index is 10.8. The molecule has 0 radical (unpaired) electrons. The Balaban J connectivity index is 1.82. The highest BCUT2D eigenvalue weighted by molar-refractivity contribution is 5.81. The van der Waals surface area contributed by atoms with E-state index < -0.39 is 4.92 Å². The monoisotopic (exact) mass is 294 g/mol. The molecule has 2 heterocycles. The molecule has 0 aliphatic rings. The Labute approximate surface area is 127 Å². The van der Waals surface area contributed by atoms with Crippen LogP contribution in [0.15, 0.2) is 48.8 Å². The molecular formula is C16H14N4O2. The van der Waals surface area contributed by atoms with Gasteiger partial charge in [-0.3, -0.25) is 15.1 Å². The van der Waals surface area contributed by atoms with E-state index in [4.69, 9.17) is 0 Å². The van der Waals surface area contributed by atoms with E-state index in [2.05, 4.69) is 15.3 Å². The minimum Gasteiger partial charge on any atom is -0.366 e. The standard InChI is InChI=1S/C16H14N4O2/c1-11-8-15(19-10-14(11)20(21)22)18-9-13-5-2-4-12-6-3-7-17-16(12)13/h2-8,10H,9H2,1H3,(H,18,19). The third-order valence-electron chi connectivity index (χ3n) is 3.46. The summed E-state index contributed by atoms with van der Waals surface area (Å²) in [5.41, 5.74) is 2.60. The number of nitrogens with zero attached hydrogens (tertiary/aromatic N) is 3. The quantitative estimate of drug-likeness (QED) is 0.588. The largest absolute Gasteiger partial charge is 0.366 e. The molecule has 0 aliphatic carbocycles. The molecule has 6 nitrogen and oxygen atoms in total. The number of hydrogen-bond donors (Lipinski definition) is 1. The minimum absolute atomic E-state index is 0.0253. The van der Waals surface area contributed by atoms with E-state index in [1.165, 1.54) is 6.20 Å². The van der Waals surface area contributed by atoms with Crippen molar-refractivity contribution in [2.24, 2.45) is 0 Å². The molecule has 0 fully saturated rings. The molecule has 0 spiro atoms. The van der Waals surface area contributed by atoms with Crippen LogP contribution >= 0.6 is 0 Å². The van der Waals surface area contributed by atoms with Crippen molar-refractivity contribution in [3.8, 4) is 0 Å². The normalized spacial score (nSPS) is 10.6. The zero-order valence-corrected chi connectivity index (χ0v) is 12.0. The number of anilines is 1. The number of para-hydroxylation sites is 1. The van der Waals surface area contributed by atoms with Gasteiger partial charge in [0.2, 0.25) is 0 Å². The molecule has 1 aromatic carbocycles. The highest BCUT2D eigenvalue weighted by Gasteiger charge is 2.11. The van der Waals surface area contributed by atoms with Gasteiger partial charge in [0, 0.05) is 23.7 Å². The Morgan fingerprint density at radius 2 is 2.05 bits per heavy atom. The summed E-state index contributed by atoms with van der Waals surface area (Å²) in [7, 11) is 0. The van der Waals surface area contributed by atoms with E-state index in [1.54, 1.807) is 19.2 Å². The fourth-order valence-electron chi connectivity index (χ4n) is 2.33. The van der Waals surface area contributed by atoms with Crippen LogP contribution in [0.1, 0.15) is 11.1 Å². The zero-order chi connectivity index (χ0) is 15.5. The average Bonchev–Trinajstić information content (AvgIpc) is 2.52. The Morgan fingerprint density at radius 3 is 2.82 bits per heavy atom. The molecular weight excluding hydrogens is 280 g/mol. The number of pyridine rings is 2. The number of nitro groups is 1. The van der Waals surface area contributed by atoms with Gasteiger partial charge in [-0.25, -0.2) is 4.98 Å². The first-order valence-corrected chi connectivity index (χ1v) is 6.82. The highest BCUT2D eigenvalue weighted by atomic mass is 16.6. The molecule has 3 rings (SSSR count). The number of aryl methyl sites for hydroxylation is 1. The minimum atomic E-state index is -0.430. The van der Waals surface area contributed by atoms with Crippen molar-refractivity contribution in [3.63, 3.8) is 0 Å². The van der Waals surface area contributed by atoms with Gasteiger partial charge in [-0.15, -0.1) is 0 Å². The maximum atomic E-state index is 10.8. The summed E-state index contributed by atoms with van der Waals surface area (Å²) < 4.78 is 0. The lowest BCUT2D eigenvalue weighted by atomic mass is 10.1. The number of fused-ring (bicyclic) bond motifs is 1. The van der Waals surface area contributed by atoms with E-state index >= 15 is 0 Å². The first-order valence-electron chi connectivity index (χ1n) is 6.82. The van der Waals surface area contributed by atoms with Gasteiger partial charge in [-0.2, -0.15) is 0 Å². The summed E-state index contributed by atoms with van der Waals surface area (Å²) in [6.45, 7) is 2.25. The van der Waals surface area contributed by atoms with Gasteiger partial charge < -0.3 is 5.32 Å². The summed E-state index contributed by atoms with van der Waals surface area (Å²) in [6, 6.07) is 11.6. The smallest absolute Gasteiger partial charge is 0.290 e. The van der Waals surface area contributed by atoms with Gasteiger partial charge in [0.05, 0.1) is 10.4 Å². The number of nitrogens with one attached hydrogen (secondary N) is 1. The predicted octanol–water partition coefficient (Wildman–Crippen LogP) is 3.46. The van der Waals surface area contributed by atoms with Crippen LogP contribution in [0.2, 0.25) is 0 Å². The van der Waals surface area contributed by atoms with Gasteiger partial charge in [-0.1, -0.05) is 24.3 Å². The van der Waals surface area contributed by atoms with Crippen LogP contribution in [0.3, 0.4) is 0 Å². The van der Waals surface area contributed by atoms with Crippen LogP contribution in [-0.4, -0.2) is 14.9 Å². The predicted molar refractivity (Wildman–Crippen MR) is 84.7 cm³/mol. The summed E-state index contributed by atoms with van der Waals surface area (Å²) >= 11 is 0. The number of benzene rings is 1. The second-order valence-corrected chi connectivity index (χ2v) is 4.96. The van der Waals surface area contributed by atoms with Gasteiger partial charge >= 0.3 is 0 Å². The van der Waals surface area contributed by atoms with E-state index in [0.29, 0.717) is 17.9 Å². The number of hydrogen-bond acceptors (Lipinski definition) is 5. The van der Waals surface area contributed by atoms with Crippen molar-refractivity contribution in [2.75, 3.05) is 5.32 Å². The van der Waals surface area contributed by atoms with E-state index in [9.17, 15) is 10.1 Å². The average molecular weight is 294 g/mol. The van der Waals surface area contributed by atoms with Crippen LogP contribution in [0.4, 0.5) is 11.5 Å². The molecule has 110 valence electrons.